The molecule has 172 valence electrons. The van der Waals surface area contributed by atoms with Gasteiger partial charge in [-0.15, -0.1) is 0 Å². The average molecular weight is 453 g/mol. The second kappa shape index (κ2) is 9.72. The van der Waals surface area contributed by atoms with E-state index >= 15 is 0 Å². The van der Waals surface area contributed by atoms with Gasteiger partial charge < -0.3 is 15.3 Å². The van der Waals surface area contributed by atoms with Crippen LogP contribution in [0.4, 0.5) is 0 Å². The minimum Gasteiger partial charge on any atom is -0.507 e. The van der Waals surface area contributed by atoms with Gasteiger partial charge in [-0.3, -0.25) is 4.79 Å². The van der Waals surface area contributed by atoms with Crippen LogP contribution < -0.4 is 5.32 Å². The number of hydrogen-bond donors (Lipinski definition) is 2. The summed E-state index contributed by atoms with van der Waals surface area (Å²) in [4.78, 5) is 15.6. The standard InChI is InChI=1S/C27H36N2O2S/c1-26(2,3)21-14-20(15-22(24(21)30)27(4,5)6)16-23-25(31)29(18-32-23)13-12-28-17-19-10-8-7-9-11-19/h7-11,14-16,28,30H,12-13,17-18H2,1-6H3/b23-16-. The molecule has 1 aliphatic heterocycles. The van der Waals surface area contributed by atoms with Crippen molar-refractivity contribution in [2.45, 2.75) is 58.9 Å². The quantitative estimate of drug-likeness (QED) is 0.439. The third-order valence-corrected chi connectivity index (χ3v) is 6.69. The second-order valence-electron chi connectivity index (χ2n) is 10.5. The number of rotatable bonds is 6. The molecule has 1 amide bonds. The highest BCUT2D eigenvalue weighted by molar-refractivity contribution is 8.04. The fourth-order valence-corrected chi connectivity index (χ4v) is 4.78. The molecule has 4 nitrogen and oxygen atoms in total. The molecule has 0 saturated carbocycles. The molecule has 2 aromatic carbocycles. The minimum atomic E-state index is -0.193. The molecule has 1 aliphatic rings. The van der Waals surface area contributed by atoms with Gasteiger partial charge in [0.15, 0.2) is 0 Å². The molecule has 0 aliphatic carbocycles. The van der Waals surface area contributed by atoms with E-state index in [2.05, 4.69) is 59.0 Å². The van der Waals surface area contributed by atoms with E-state index < -0.39 is 0 Å². The summed E-state index contributed by atoms with van der Waals surface area (Å²) in [6.45, 7) is 14.9. The van der Waals surface area contributed by atoms with Crippen LogP contribution in [0.2, 0.25) is 0 Å². The summed E-state index contributed by atoms with van der Waals surface area (Å²) in [6.07, 6.45) is 1.98. The zero-order valence-electron chi connectivity index (χ0n) is 20.2. The lowest BCUT2D eigenvalue weighted by atomic mass is 9.78. The van der Waals surface area contributed by atoms with E-state index in [1.165, 1.54) is 5.56 Å². The molecule has 3 rings (SSSR count). The number of thioether (sulfide) groups is 1. The van der Waals surface area contributed by atoms with Gasteiger partial charge in [0, 0.05) is 30.8 Å². The summed E-state index contributed by atoms with van der Waals surface area (Å²) >= 11 is 1.59. The molecule has 0 spiro atoms. The molecule has 0 bridgehead atoms. The van der Waals surface area contributed by atoms with Crippen LogP contribution in [-0.2, 0) is 22.2 Å². The number of nitrogens with one attached hydrogen (secondary N) is 1. The van der Waals surface area contributed by atoms with Crippen LogP contribution in [0.15, 0.2) is 47.4 Å². The highest BCUT2D eigenvalue weighted by atomic mass is 32.2. The molecule has 0 radical (unpaired) electrons. The highest BCUT2D eigenvalue weighted by Crippen LogP contribution is 2.41. The van der Waals surface area contributed by atoms with Gasteiger partial charge in [0.2, 0.25) is 0 Å². The lowest BCUT2D eigenvalue weighted by molar-refractivity contribution is -0.124. The van der Waals surface area contributed by atoms with Crippen molar-refractivity contribution in [1.82, 2.24) is 10.2 Å². The fraction of sp³-hybridized carbons (Fsp3) is 0.444. The van der Waals surface area contributed by atoms with Crippen LogP contribution in [0.3, 0.4) is 0 Å². The van der Waals surface area contributed by atoms with Crippen LogP contribution in [-0.4, -0.2) is 34.9 Å². The van der Waals surface area contributed by atoms with Crippen molar-refractivity contribution < 1.29 is 9.90 Å². The topological polar surface area (TPSA) is 52.6 Å². The molecule has 5 heteroatoms. The molecule has 0 aromatic heterocycles. The number of hydrogen-bond acceptors (Lipinski definition) is 4. The minimum absolute atomic E-state index is 0.0826. The molecule has 32 heavy (non-hydrogen) atoms. The van der Waals surface area contributed by atoms with Crippen LogP contribution in [0.1, 0.15) is 63.8 Å². The Kier molecular flexibility index (Phi) is 7.41. The summed E-state index contributed by atoms with van der Waals surface area (Å²) in [7, 11) is 0. The number of amides is 1. The number of phenols is 1. The van der Waals surface area contributed by atoms with E-state index in [0.717, 1.165) is 34.7 Å². The van der Waals surface area contributed by atoms with Crippen LogP contribution in [0.5, 0.6) is 5.75 Å². The van der Waals surface area contributed by atoms with E-state index in [1.807, 2.05) is 41.3 Å². The first-order valence-corrected chi connectivity index (χ1v) is 12.2. The van der Waals surface area contributed by atoms with E-state index in [0.29, 0.717) is 18.2 Å². The Morgan fingerprint density at radius 2 is 1.62 bits per heavy atom. The first-order chi connectivity index (χ1) is 15.0. The number of aromatic hydroxyl groups is 1. The number of carbonyl (C=O) groups is 1. The van der Waals surface area contributed by atoms with Crippen molar-refractivity contribution in [3.63, 3.8) is 0 Å². The molecule has 1 heterocycles. The summed E-state index contributed by atoms with van der Waals surface area (Å²) in [5.41, 5.74) is 3.65. The number of benzene rings is 2. The Morgan fingerprint density at radius 1 is 1.03 bits per heavy atom. The predicted molar refractivity (Wildman–Crippen MR) is 136 cm³/mol. The third kappa shape index (κ3) is 5.96. The number of nitrogens with zero attached hydrogens (tertiary/aromatic N) is 1. The summed E-state index contributed by atoms with van der Waals surface area (Å²) in [5.74, 6) is 1.12. The van der Waals surface area contributed by atoms with Gasteiger partial charge in [0.25, 0.3) is 5.91 Å². The van der Waals surface area contributed by atoms with Crippen molar-refractivity contribution in [2.24, 2.45) is 0 Å². The molecule has 0 atom stereocenters. The Labute approximate surface area is 197 Å². The van der Waals surface area contributed by atoms with Gasteiger partial charge in [-0.05, 0) is 40.2 Å². The SMILES string of the molecule is CC(C)(C)c1cc(/C=C2\SCN(CCNCc3ccccc3)C2=O)cc(C(C)(C)C)c1O. The Bertz CT molecular complexity index is 950. The third-order valence-electron chi connectivity index (χ3n) is 5.65. The smallest absolute Gasteiger partial charge is 0.261 e. The summed E-state index contributed by atoms with van der Waals surface area (Å²) in [5, 5.41) is 14.4. The Balaban J connectivity index is 1.72. The maximum atomic E-state index is 13.0. The molecule has 2 N–H and O–H groups in total. The Hall–Kier alpha value is -2.24. The van der Waals surface area contributed by atoms with Crippen molar-refractivity contribution in [1.29, 1.82) is 0 Å². The first-order valence-electron chi connectivity index (χ1n) is 11.2. The van der Waals surface area contributed by atoms with Gasteiger partial charge in [-0.1, -0.05) is 83.6 Å². The van der Waals surface area contributed by atoms with E-state index in [9.17, 15) is 9.90 Å². The Morgan fingerprint density at radius 3 is 2.19 bits per heavy atom. The largest absolute Gasteiger partial charge is 0.507 e. The van der Waals surface area contributed by atoms with Crippen LogP contribution in [0.25, 0.3) is 6.08 Å². The monoisotopic (exact) mass is 452 g/mol. The molecule has 0 unspecified atom stereocenters. The van der Waals surface area contributed by atoms with Crippen LogP contribution >= 0.6 is 11.8 Å². The van der Waals surface area contributed by atoms with E-state index in [4.69, 9.17) is 0 Å². The highest BCUT2D eigenvalue weighted by Gasteiger charge is 2.29. The first kappa shape index (κ1) is 24.4. The summed E-state index contributed by atoms with van der Waals surface area (Å²) < 4.78 is 0. The lowest BCUT2D eigenvalue weighted by Crippen LogP contribution is -2.32. The number of carbonyl (C=O) groups excluding carboxylic acids is 1. The maximum absolute atomic E-state index is 13.0. The fourth-order valence-electron chi connectivity index (χ4n) is 3.77. The maximum Gasteiger partial charge on any atom is 0.261 e. The lowest BCUT2D eigenvalue weighted by Gasteiger charge is -2.28. The van der Waals surface area contributed by atoms with Gasteiger partial charge in [-0.25, -0.2) is 0 Å². The molecular formula is C27H36N2O2S. The zero-order valence-corrected chi connectivity index (χ0v) is 21.0. The van der Waals surface area contributed by atoms with Crippen molar-refractivity contribution >= 4 is 23.7 Å². The number of phenolic OH excluding ortho intramolecular Hbond substituents is 1. The van der Waals surface area contributed by atoms with Crippen molar-refractivity contribution in [3.05, 3.63) is 69.6 Å². The predicted octanol–water partition coefficient (Wildman–Crippen LogP) is 5.65. The van der Waals surface area contributed by atoms with Gasteiger partial charge in [0.05, 0.1) is 10.8 Å². The second-order valence-corrected chi connectivity index (χ2v) is 11.5. The molecule has 1 saturated heterocycles. The van der Waals surface area contributed by atoms with E-state index in [1.54, 1.807) is 11.8 Å². The van der Waals surface area contributed by atoms with Crippen molar-refractivity contribution in [3.8, 4) is 5.75 Å². The molecule has 2 aromatic rings. The normalized spacial score (nSPS) is 16.2. The van der Waals surface area contributed by atoms with Crippen molar-refractivity contribution in [2.75, 3.05) is 19.0 Å². The van der Waals surface area contributed by atoms with E-state index in [-0.39, 0.29) is 16.7 Å². The molecule has 1 fully saturated rings. The zero-order chi connectivity index (χ0) is 23.5. The van der Waals surface area contributed by atoms with Gasteiger partial charge in [-0.2, -0.15) is 0 Å². The molecular weight excluding hydrogens is 416 g/mol. The van der Waals surface area contributed by atoms with Gasteiger partial charge in [0.1, 0.15) is 5.75 Å². The summed E-state index contributed by atoms with van der Waals surface area (Å²) in [6, 6.07) is 14.3. The van der Waals surface area contributed by atoms with Gasteiger partial charge >= 0.3 is 0 Å². The average Bonchev–Trinajstić information content (AvgIpc) is 3.05. The van der Waals surface area contributed by atoms with Crippen LogP contribution in [0, 0.1) is 0 Å².